The molecule has 1 amide bonds. The number of carbonyl (C=O) groups is 1. The van der Waals surface area contributed by atoms with Crippen molar-refractivity contribution in [1.29, 1.82) is 0 Å². The van der Waals surface area contributed by atoms with E-state index in [1.807, 2.05) is 18.2 Å². The van der Waals surface area contributed by atoms with Crippen LogP contribution in [-0.4, -0.2) is 10.9 Å². The average molecular weight is 312 g/mol. The second-order valence-corrected chi connectivity index (χ2v) is 5.53. The van der Waals surface area contributed by atoms with Gasteiger partial charge in [0, 0.05) is 11.3 Å². The van der Waals surface area contributed by atoms with Gasteiger partial charge in [-0.05, 0) is 53.7 Å². The topological polar surface area (TPSA) is 67.3 Å². The maximum atomic E-state index is 12.3. The Bertz CT molecular complexity index is 942. The fourth-order valence-corrected chi connectivity index (χ4v) is 2.74. The first-order valence-electron chi connectivity index (χ1n) is 6.83. The van der Waals surface area contributed by atoms with E-state index >= 15 is 0 Å². The van der Waals surface area contributed by atoms with E-state index in [0.29, 0.717) is 29.2 Å². The average Bonchev–Trinajstić information content (AvgIpc) is 3.10. The molecule has 0 radical (unpaired) electrons. The highest BCUT2D eigenvalue weighted by Gasteiger charge is 2.13. The summed E-state index contributed by atoms with van der Waals surface area (Å²) in [5.74, 6) is -0.192. The summed E-state index contributed by atoms with van der Waals surface area (Å²) >= 11 is 4.94. The van der Waals surface area contributed by atoms with Crippen molar-refractivity contribution >= 4 is 34.9 Å². The van der Waals surface area contributed by atoms with Crippen LogP contribution < -0.4 is 5.32 Å². The van der Waals surface area contributed by atoms with Gasteiger partial charge in [-0.15, -0.1) is 0 Å². The third-order valence-corrected chi connectivity index (χ3v) is 3.85. The lowest BCUT2D eigenvalue weighted by Gasteiger charge is -2.07. The highest BCUT2D eigenvalue weighted by atomic mass is 32.1. The minimum Gasteiger partial charge on any atom is -0.429 e. The summed E-state index contributed by atoms with van der Waals surface area (Å²) in [6.07, 6.45) is 0. The van der Waals surface area contributed by atoms with Gasteiger partial charge in [0.25, 0.3) is 10.7 Å². The fraction of sp³-hybridized carbons (Fsp3) is 0.125. The number of aromatic amines is 1. The number of nitrogens with one attached hydrogen (secondary N) is 2. The van der Waals surface area contributed by atoms with E-state index in [1.54, 1.807) is 18.2 Å². The molecule has 1 aromatic heterocycles. The second kappa shape index (κ2) is 5.08. The van der Waals surface area contributed by atoms with Crippen LogP contribution in [0.25, 0.3) is 11.1 Å². The van der Waals surface area contributed by atoms with Crippen LogP contribution in [0.15, 0.2) is 40.8 Å². The second-order valence-electron chi connectivity index (χ2n) is 5.16. The van der Waals surface area contributed by atoms with Crippen LogP contribution >= 0.6 is 12.2 Å². The minimum atomic E-state index is -0.192. The third kappa shape index (κ3) is 2.32. The summed E-state index contributed by atoms with van der Waals surface area (Å²) in [6.45, 7) is 1.23. The largest absolute Gasteiger partial charge is 0.429 e. The summed E-state index contributed by atoms with van der Waals surface area (Å²) in [6, 6.07) is 11.0. The first-order chi connectivity index (χ1) is 10.7. The van der Waals surface area contributed by atoms with Crippen LogP contribution in [-0.2, 0) is 18.0 Å². The number of aromatic nitrogens is 1. The maximum Gasteiger partial charge on any atom is 0.266 e. The molecule has 4 rings (SSSR count). The van der Waals surface area contributed by atoms with Crippen molar-refractivity contribution in [2.45, 2.75) is 13.2 Å². The van der Waals surface area contributed by atoms with Crippen molar-refractivity contribution in [3.05, 3.63) is 57.9 Å². The van der Waals surface area contributed by atoms with E-state index in [0.717, 1.165) is 16.8 Å². The molecule has 110 valence electrons. The first-order valence-corrected chi connectivity index (χ1v) is 7.24. The number of fused-ring (bicyclic) bond motifs is 2. The predicted octanol–water partition coefficient (Wildman–Crippen LogP) is 3.77. The predicted molar refractivity (Wildman–Crippen MR) is 84.3 cm³/mol. The van der Waals surface area contributed by atoms with Gasteiger partial charge in [-0.2, -0.15) is 0 Å². The molecule has 5 nitrogen and oxygen atoms in total. The summed E-state index contributed by atoms with van der Waals surface area (Å²) in [4.78, 5) is 15.5. The molecule has 0 spiro atoms. The highest BCUT2D eigenvalue weighted by Crippen LogP contribution is 2.24. The Morgan fingerprint density at radius 1 is 1.14 bits per heavy atom. The fourth-order valence-electron chi connectivity index (χ4n) is 2.54. The Morgan fingerprint density at radius 3 is 2.91 bits per heavy atom. The molecule has 2 heterocycles. The molecule has 0 fully saturated rings. The van der Waals surface area contributed by atoms with E-state index in [4.69, 9.17) is 21.4 Å². The normalized spacial score (nSPS) is 13.3. The van der Waals surface area contributed by atoms with E-state index in [-0.39, 0.29) is 5.91 Å². The molecular weight excluding hydrogens is 300 g/mol. The molecule has 0 aliphatic carbocycles. The Morgan fingerprint density at radius 2 is 2.00 bits per heavy atom. The van der Waals surface area contributed by atoms with Gasteiger partial charge in [0.2, 0.25) is 0 Å². The Labute approximate surface area is 130 Å². The number of anilines is 1. The lowest BCUT2D eigenvalue weighted by Crippen LogP contribution is -2.11. The molecule has 0 atom stereocenters. The smallest absolute Gasteiger partial charge is 0.266 e. The van der Waals surface area contributed by atoms with E-state index in [1.165, 1.54) is 5.56 Å². The summed E-state index contributed by atoms with van der Waals surface area (Å²) in [5, 5.41) is 2.89. The maximum absolute atomic E-state index is 12.3. The van der Waals surface area contributed by atoms with E-state index in [2.05, 4.69) is 10.3 Å². The molecule has 0 saturated heterocycles. The zero-order chi connectivity index (χ0) is 15.1. The minimum absolute atomic E-state index is 0.192. The Balaban J connectivity index is 1.61. The van der Waals surface area contributed by atoms with Gasteiger partial charge in [-0.1, -0.05) is 6.07 Å². The van der Waals surface area contributed by atoms with Gasteiger partial charge in [0.05, 0.1) is 18.7 Å². The molecule has 0 unspecified atom stereocenters. The highest BCUT2D eigenvalue weighted by molar-refractivity contribution is 7.71. The molecule has 2 N–H and O–H groups in total. The van der Waals surface area contributed by atoms with Crippen LogP contribution in [0.4, 0.5) is 5.69 Å². The Hall–Kier alpha value is -2.44. The SMILES string of the molecule is O=C(Nc1ccc2c(c1)COC2)c1ccc2[nH]c(=S)oc2c1. The number of hydrogen-bond donors (Lipinski definition) is 2. The molecule has 0 bridgehead atoms. The molecule has 22 heavy (non-hydrogen) atoms. The van der Waals surface area contributed by atoms with Crippen LogP contribution in [0, 0.1) is 4.84 Å². The van der Waals surface area contributed by atoms with Crippen molar-refractivity contribution in [3.8, 4) is 0 Å². The van der Waals surface area contributed by atoms with Gasteiger partial charge >= 0.3 is 0 Å². The van der Waals surface area contributed by atoms with E-state index < -0.39 is 0 Å². The molecule has 1 aliphatic rings. The van der Waals surface area contributed by atoms with Crippen LogP contribution in [0.5, 0.6) is 0 Å². The summed E-state index contributed by atoms with van der Waals surface area (Å²) in [5.41, 5.74) is 4.90. The molecule has 1 aliphatic heterocycles. The molecule has 3 aromatic rings. The van der Waals surface area contributed by atoms with E-state index in [9.17, 15) is 4.79 Å². The summed E-state index contributed by atoms with van der Waals surface area (Å²) in [7, 11) is 0. The number of oxazole rings is 1. The van der Waals surface area contributed by atoms with Crippen molar-refractivity contribution in [1.82, 2.24) is 4.98 Å². The number of rotatable bonds is 2. The van der Waals surface area contributed by atoms with Gasteiger partial charge in [-0.3, -0.25) is 4.79 Å². The number of carbonyl (C=O) groups excluding carboxylic acids is 1. The number of benzene rings is 2. The van der Waals surface area contributed by atoms with Gasteiger partial charge in [-0.25, -0.2) is 0 Å². The number of hydrogen-bond acceptors (Lipinski definition) is 4. The van der Waals surface area contributed by atoms with Gasteiger partial charge in [0.15, 0.2) is 5.58 Å². The third-order valence-electron chi connectivity index (χ3n) is 3.66. The Kier molecular flexibility index (Phi) is 3.06. The van der Waals surface area contributed by atoms with Crippen molar-refractivity contribution in [3.63, 3.8) is 0 Å². The monoisotopic (exact) mass is 312 g/mol. The van der Waals surface area contributed by atoms with Gasteiger partial charge in [0.1, 0.15) is 0 Å². The number of ether oxygens (including phenoxy) is 1. The first kappa shape index (κ1) is 13.2. The summed E-state index contributed by atoms with van der Waals surface area (Å²) < 4.78 is 10.7. The lowest BCUT2D eigenvalue weighted by molar-refractivity contribution is 0.102. The van der Waals surface area contributed by atoms with Crippen molar-refractivity contribution in [2.24, 2.45) is 0 Å². The van der Waals surface area contributed by atoms with Crippen LogP contribution in [0.1, 0.15) is 21.5 Å². The molecule has 2 aromatic carbocycles. The zero-order valence-corrected chi connectivity index (χ0v) is 12.3. The number of H-pyrrole nitrogens is 1. The molecule has 0 saturated carbocycles. The lowest BCUT2D eigenvalue weighted by atomic mass is 10.1. The zero-order valence-electron chi connectivity index (χ0n) is 11.5. The number of amides is 1. The molecular formula is C16H12N2O3S. The van der Waals surface area contributed by atoms with Crippen LogP contribution in [0.2, 0.25) is 0 Å². The van der Waals surface area contributed by atoms with Crippen molar-refractivity contribution in [2.75, 3.05) is 5.32 Å². The quantitative estimate of drug-likeness (QED) is 0.707. The standard InChI is InChI=1S/C16H12N2O3S/c19-15(9-2-4-13-14(6-9)21-16(22)18-13)17-12-3-1-10-7-20-8-11(10)5-12/h1-6H,7-8H2,(H,17,19)(H,18,22). The van der Waals surface area contributed by atoms with Crippen LogP contribution in [0.3, 0.4) is 0 Å². The van der Waals surface area contributed by atoms with Gasteiger partial charge < -0.3 is 19.5 Å². The molecule has 6 heteroatoms. The van der Waals surface area contributed by atoms with Crippen molar-refractivity contribution < 1.29 is 13.9 Å².